The summed E-state index contributed by atoms with van der Waals surface area (Å²) >= 11 is 0. The number of anilines is 1. The van der Waals surface area contributed by atoms with E-state index < -0.39 is 0 Å². The minimum absolute atomic E-state index is 0.303. The highest BCUT2D eigenvalue weighted by molar-refractivity contribution is 5.33. The van der Waals surface area contributed by atoms with Gasteiger partial charge in [0, 0.05) is 6.20 Å². The van der Waals surface area contributed by atoms with E-state index in [2.05, 4.69) is 10.3 Å². The lowest BCUT2D eigenvalue weighted by Crippen LogP contribution is -1.99. The van der Waals surface area contributed by atoms with Gasteiger partial charge in [0.15, 0.2) is 0 Å². The number of hydrogen-bond acceptors (Lipinski definition) is 3. The van der Waals surface area contributed by atoms with E-state index in [1.54, 1.807) is 6.20 Å². The third kappa shape index (κ3) is 1.75. The summed E-state index contributed by atoms with van der Waals surface area (Å²) in [6.45, 7) is 0.303. The van der Waals surface area contributed by atoms with Crippen LogP contribution < -0.4 is 5.32 Å². The molecule has 0 aliphatic rings. The summed E-state index contributed by atoms with van der Waals surface area (Å²) in [4.78, 5) is 3.95. The van der Waals surface area contributed by atoms with Gasteiger partial charge in [-0.2, -0.15) is 5.26 Å². The van der Waals surface area contributed by atoms with Crippen LogP contribution >= 0.6 is 0 Å². The summed E-state index contributed by atoms with van der Waals surface area (Å²) in [5.74, 6) is 0.740. The van der Waals surface area contributed by atoms with Crippen LogP contribution in [0, 0.1) is 11.3 Å². The SMILES string of the molecule is N#CCNc1ccccn1. The van der Waals surface area contributed by atoms with Gasteiger partial charge in [-0.25, -0.2) is 4.98 Å². The van der Waals surface area contributed by atoms with Gasteiger partial charge in [-0.15, -0.1) is 0 Å². The van der Waals surface area contributed by atoms with Gasteiger partial charge in [-0.1, -0.05) is 6.07 Å². The molecule has 0 amide bonds. The Morgan fingerprint density at radius 2 is 2.50 bits per heavy atom. The maximum Gasteiger partial charge on any atom is 0.126 e. The van der Waals surface area contributed by atoms with Crippen LogP contribution in [-0.4, -0.2) is 11.5 Å². The molecule has 0 saturated heterocycles. The topological polar surface area (TPSA) is 48.7 Å². The average Bonchev–Trinajstić information content (AvgIpc) is 2.03. The fourth-order valence-corrected chi connectivity index (χ4v) is 0.597. The van der Waals surface area contributed by atoms with Gasteiger partial charge in [0.25, 0.3) is 0 Å². The standard InChI is InChI=1S/C7H7N3/c8-4-6-10-7-3-1-2-5-9-7/h1-3,5H,6H2,(H,9,10). The zero-order valence-corrected chi connectivity index (χ0v) is 5.41. The average molecular weight is 133 g/mol. The molecule has 1 heterocycles. The van der Waals surface area contributed by atoms with Crippen molar-refractivity contribution in [3.63, 3.8) is 0 Å². The largest absolute Gasteiger partial charge is 0.357 e. The van der Waals surface area contributed by atoms with Crippen LogP contribution in [0.5, 0.6) is 0 Å². The predicted octanol–water partition coefficient (Wildman–Crippen LogP) is 1.02. The minimum Gasteiger partial charge on any atom is -0.357 e. The molecule has 0 bridgehead atoms. The van der Waals surface area contributed by atoms with Crippen molar-refractivity contribution < 1.29 is 0 Å². The van der Waals surface area contributed by atoms with E-state index in [1.165, 1.54) is 0 Å². The molecule has 1 aromatic heterocycles. The first-order valence-electron chi connectivity index (χ1n) is 2.95. The third-order valence-corrected chi connectivity index (χ3v) is 1.01. The Hall–Kier alpha value is -1.56. The van der Waals surface area contributed by atoms with E-state index in [0.29, 0.717) is 6.54 Å². The normalized spacial score (nSPS) is 8.30. The lowest BCUT2D eigenvalue weighted by Gasteiger charge is -1.96. The summed E-state index contributed by atoms with van der Waals surface area (Å²) in [6.07, 6.45) is 1.68. The van der Waals surface area contributed by atoms with Crippen LogP contribution in [0.3, 0.4) is 0 Å². The Kier molecular flexibility index (Phi) is 2.27. The summed E-state index contributed by atoms with van der Waals surface area (Å²) in [5.41, 5.74) is 0. The summed E-state index contributed by atoms with van der Waals surface area (Å²) in [7, 11) is 0. The number of aromatic nitrogens is 1. The van der Waals surface area contributed by atoms with Crippen LogP contribution in [0.15, 0.2) is 24.4 Å². The summed E-state index contributed by atoms with van der Waals surface area (Å²) in [6, 6.07) is 7.48. The van der Waals surface area contributed by atoms with E-state index in [1.807, 2.05) is 24.3 Å². The van der Waals surface area contributed by atoms with E-state index in [4.69, 9.17) is 5.26 Å². The Bertz CT molecular complexity index is 224. The number of rotatable bonds is 2. The first kappa shape index (κ1) is 6.56. The molecule has 0 aromatic carbocycles. The molecule has 0 unspecified atom stereocenters. The van der Waals surface area contributed by atoms with Crippen molar-refractivity contribution in [2.75, 3.05) is 11.9 Å². The number of pyridine rings is 1. The number of nitriles is 1. The lowest BCUT2D eigenvalue weighted by atomic mass is 10.4. The fourth-order valence-electron chi connectivity index (χ4n) is 0.597. The molecule has 3 heteroatoms. The van der Waals surface area contributed by atoms with E-state index in [0.717, 1.165) is 5.82 Å². The van der Waals surface area contributed by atoms with Crippen molar-refractivity contribution in [2.45, 2.75) is 0 Å². The second-order valence-corrected chi connectivity index (χ2v) is 1.73. The Labute approximate surface area is 59.3 Å². The van der Waals surface area contributed by atoms with Gasteiger partial charge in [0.1, 0.15) is 12.4 Å². The molecule has 50 valence electrons. The van der Waals surface area contributed by atoms with Crippen LogP contribution in [0.4, 0.5) is 5.82 Å². The molecule has 0 saturated carbocycles. The van der Waals surface area contributed by atoms with Gasteiger partial charge in [0.05, 0.1) is 6.07 Å². The van der Waals surface area contributed by atoms with Crippen molar-refractivity contribution in [1.29, 1.82) is 5.26 Å². The maximum atomic E-state index is 8.19. The van der Waals surface area contributed by atoms with Gasteiger partial charge in [-0.3, -0.25) is 0 Å². The highest BCUT2D eigenvalue weighted by Gasteiger charge is 1.85. The smallest absolute Gasteiger partial charge is 0.126 e. The molecule has 10 heavy (non-hydrogen) atoms. The second-order valence-electron chi connectivity index (χ2n) is 1.73. The maximum absolute atomic E-state index is 8.19. The highest BCUT2D eigenvalue weighted by atomic mass is 15.0. The Morgan fingerprint density at radius 3 is 3.10 bits per heavy atom. The minimum atomic E-state index is 0.303. The van der Waals surface area contributed by atoms with Crippen LogP contribution in [0.2, 0.25) is 0 Å². The van der Waals surface area contributed by atoms with Gasteiger partial charge < -0.3 is 5.32 Å². The van der Waals surface area contributed by atoms with Crippen LogP contribution in [-0.2, 0) is 0 Å². The van der Waals surface area contributed by atoms with Crippen molar-refractivity contribution in [3.05, 3.63) is 24.4 Å². The molecule has 0 spiro atoms. The molecule has 0 aliphatic heterocycles. The highest BCUT2D eigenvalue weighted by Crippen LogP contribution is 1.97. The molecule has 1 N–H and O–H groups in total. The zero-order chi connectivity index (χ0) is 7.23. The first-order valence-corrected chi connectivity index (χ1v) is 2.95. The molecule has 1 aromatic rings. The third-order valence-electron chi connectivity index (χ3n) is 1.01. The fraction of sp³-hybridized carbons (Fsp3) is 0.143. The Morgan fingerprint density at radius 1 is 1.60 bits per heavy atom. The molecule has 0 atom stereocenters. The zero-order valence-electron chi connectivity index (χ0n) is 5.41. The van der Waals surface area contributed by atoms with Crippen molar-refractivity contribution in [1.82, 2.24) is 4.98 Å². The lowest BCUT2D eigenvalue weighted by molar-refractivity contribution is 1.23. The number of nitrogens with zero attached hydrogens (tertiary/aromatic N) is 2. The van der Waals surface area contributed by atoms with Gasteiger partial charge in [-0.05, 0) is 12.1 Å². The molecule has 0 radical (unpaired) electrons. The molecule has 0 aliphatic carbocycles. The van der Waals surface area contributed by atoms with Gasteiger partial charge in [0.2, 0.25) is 0 Å². The number of nitrogens with one attached hydrogen (secondary N) is 1. The van der Waals surface area contributed by atoms with Gasteiger partial charge >= 0.3 is 0 Å². The summed E-state index contributed by atoms with van der Waals surface area (Å²) < 4.78 is 0. The van der Waals surface area contributed by atoms with E-state index in [9.17, 15) is 0 Å². The van der Waals surface area contributed by atoms with Crippen molar-refractivity contribution in [3.8, 4) is 6.07 Å². The van der Waals surface area contributed by atoms with Crippen LogP contribution in [0.1, 0.15) is 0 Å². The molecule has 3 nitrogen and oxygen atoms in total. The molecule has 0 fully saturated rings. The van der Waals surface area contributed by atoms with E-state index in [-0.39, 0.29) is 0 Å². The van der Waals surface area contributed by atoms with Crippen molar-refractivity contribution in [2.24, 2.45) is 0 Å². The molecular weight excluding hydrogens is 126 g/mol. The molecular formula is C7H7N3. The van der Waals surface area contributed by atoms with Crippen molar-refractivity contribution >= 4 is 5.82 Å². The van der Waals surface area contributed by atoms with E-state index >= 15 is 0 Å². The second kappa shape index (κ2) is 3.46. The number of hydrogen-bond donors (Lipinski definition) is 1. The monoisotopic (exact) mass is 133 g/mol. The van der Waals surface area contributed by atoms with Crippen LogP contribution in [0.25, 0.3) is 0 Å². The Balaban J connectivity index is 2.52. The quantitative estimate of drug-likeness (QED) is 0.612. The summed E-state index contributed by atoms with van der Waals surface area (Å²) in [5, 5.41) is 11.0. The first-order chi connectivity index (χ1) is 4.93. The molecule has 1 rings (SSSR count). The predicted molar refractivity (Wildman–Crippen MR) is 38.3 cm³/mol.